The van der Waals surface area contributed by atoms with Crippen molar-refractivity contribution in [2.45, 2.75) is 232 Å². The van der Waals surface area contributed by atoms with Gasteiger partial charge in [0.05, 0.1) is 0 Å². The monoisotopic (exact) mass is 979 g/mol. The molecule has 398 valence electrons. The summed E-state index contributed by atoms with van der Waals surface area (Å²) in [6.45, 7) is 6.30. The number of rotatable bonds is 49. The molecule has 6 nitrogen and oxygen atoms in total. The van der Waals surface area contributed by atoms with Gasteiger partial charge < -0.3 is 14.2 Å². The highest BCUT2D eigenvalue weighted by Gasteiger charge is 2.19. The number of carbonyl (C=O) groups excluding carboxylic acids is 3. The lowest BCUT2D eigenvalue weighted by molar-refractivity contribution is -0.167. The van der Waals surface area contributed by atoms with E-state index in [2.05, 4.69) is 167 Å². The zero-order valence-corrected chi connectivity index (χ0v) is 45.4. The van der Waals surface area contributed by atoms with E-state index in [1.54, 1.807) is 0 Å². The Hall–Kier alpha value is -4.71. The number of hydrogen-bond acceptors (Lipinski definition) is 6. The summed E-state index contributed by atoms with van der Waals surface area (Å²) in [4.78, 5) is 37.9. The van der Waals surface area contributed by atoms with Crippen LogP contribution in [0.3, 0.4) is 0 Å². The van der Waals surface area contributed by atoms with Crippen molar-refractivity contribution in [3.8, 4) is 0 Å². The molecule has 0 aromatic rings. The van der Waals surface area contributed by atoms with Crippen LogP contribution in [0.15, 0.2) is 146 Å². The van der Waals surface area contributed by atoms with Gasteiger partial charge in [-0.1, -0.05) is 231 Å². The molecule has 0 spiro atoms. The van der Waals surface area contributed by atoms with Gasteiger partial charge in [-0.05, 0) is 122 Å². The van der Waals surface area contributed by atoms with Crippen molar-refractivity contribution < 1.29 is 28.6 Å². The number of unbranched alkanes of at least 4 members (excludes halogenated alkanes) is 14. The van der Waals surface area contributed by atoms with Crippen LogP contribution >= 0.6 is 0 Å². The third-order valence-corrected chi connectivity index (χ3v) is 11.3. The van der Waals surface area contributed by atoms with Crippen molar-refractivity contribution in [1.29, 1.82) is 0 Å². The van der Waals surface area contributed by atoms with Crippen molar-refractivity contribution in [3.05, 3.63) is 146 Å². The SMILES string of the molecule is CC/C=C\C/C=C\C/C=C\C/C=C\C/C=C\C/C=C\C/C=C\CCCCCCCC(=O)OCC(COC(=O)CCCCCCCCC)OC(=O)CCCCC/C=C\C/C=C\C/C=C\C/C=C\C/C=C\CC. The number of hydrogen-bond donors (Lipinski definition) is 0. The van der Waals surface area contributed by atoms with E-state index >= 15 is 0 Å². The number of esters is 3. The fraction of sp³-hybridized carbons (Fsp3) is 0.585. The molecule has 0 saturated carbocycles. The molecule has 0 fully saturated rings. The predicted octanol–water partition coefficient (Wildman–Crippen LogP) is 19.2. The number of carbonyl (C=O) groups is 3. The first-order valence-corrected chi connectivity index (χ1v) is 28.3. The van der Waals surface area contributed by atoms with Gasteiger partial charge in [0.15, 0.2) is 6.10 Å². The Morgan fingerprint density at radius 2 is 0.549 bits per heavy atom. The van der Waals surface area contributed by atoms with Crippen LogP contribution in [-0.4, -0.2) is 37.2 Å². The Balaban J connectivity index is 4.33. The normalized spacial score (nSPS) is 13.2. The Bertz CT molecular complexity index is 1590. The molecule has 0 aliphatic rings. The molecule has 0 aromatic carbocycles. The average Bonchev–Trinajstić information content (AvgIpc) is 3.37. The number of ether oxygens (including phenoxy) is 3. The molecule has 0 amide bonds. The highest BCUT2D eigenvalue weighted by Crippen LogP contribution is 2.13. The summed E-state index contributed by atoms with van der Waals surface area (Å²) in [5.41, 5.74) is 0. The lowest BCUT2D eigenvalue weighted by Gasteiger charge is -2.18. The van der Waals surface area contributed by atoms with E-state index in [0.29, 0.717) is 19.3 Å². The maximum absolute atomic E-state index is 12.8. The molecule has 1 atom stereocenters. The molecule has 0 aliphatic heterocycles. The summed E-state index contributed by atoms with van der Waals surface area (Å²) >= 11 is 0. The first-order chi connectivity index (χ1) is 35.0. The number of allylic oxidation sites excluding steroid dienone is 24. The van der Waals surface area contributed by atoms with E-state index in [1.165, 1.54) is 25.7 Å². The maximum Gasteiger partial charge on any atom is 0.306 e. The molecule has 0 N–H and O–H groups in total. The molecule has 0 heterocycles. The summed E-state index contributed by atoms with van der Waals surface area (Å²) in [6, 6.07) is 0. The molecule has 0 rings (SSSR count). The third kappa shape index (κ3) is 56.1. The van der Waals surface area contributed by atoms with Crippen molar-refractivity contribution >= 4 is 17.9 Å². The third-order valence-electron chi connectivity index (χ3n) is 11.3. The van der Waals surface area contributed by atoms with E-state index in [4.69, 9.17) is 14.2 Å². The minimum atomic E-state index is -0.807. The lowest BCUT2D eigenvalue weighted by atomic mass is 10.1. The van der Waals surface area contributed by atoms with Gasteiger partial charge in [-0.15, -0.1) is 0 Å². The average molecular weight is 980 g/mol. The first-order valence-electron chi connectivity index (χ1n) is 28.3. The predicted molar refractivity (Wildman–Crippen MR) is 306 cm³/mol. The van der Waals surface area contributed by atoms with Gasteiger partial charge in [0.25, 0.3) is 0 Å². The molecule has 0 bridgehead atoms. The topological polar surface area (TPSA) is 78.9 Å². The lowest BCUT2D eigenvalue weighted by Crippen LogP contribution is -2.30. The van der Waals surface area contributed by atoms with Crippen LogP contribution < -0.4 is 0 Å². The molecule has 0 saturated heterocycles. The second-order valence-corrected chi connectivity index (χ2v) is 18.1. The molecule has 0 radical (unpaired) electrons. The fourth-order valence-electron chi connectivity index (χ4n) is 7.15. The minimum Gasteiger partial charge on any atom is -0.462 e. The Kier molecular flexibility index (Phi) is 54.0. The summed E-state index contributed by atoms with van der Waals surface area (Å²) in [6.07, 6.45) is 82.8. The zero-order chi connectivity index (χ0) is 51.4. The van der Waals surface area contributed by atoms with Crippen LogP contribution in [-0.2, 0) is 28.6 Å². The minimum absolute atomic E-state index is 0.103. The van der Waals surface area contributed by atoms with Crippen LogP contribution in [0, 0.1) is 0 Å². The van der Waals surface area contributed by atoms with Gasteiger partial charge in [0.1, 0.15) is 13.2 Å². The maximum atomic E-state index is 12.8. The second-order valence-electron chi connectivity index (χ2n) is 18.1. The fourth-order valence-corrected chi connectivity index (χ4v) is 7.15. The smallest absolute Gasteiger partial charge is 0.306 e. The van der Waals surface area contributed by atoms with Crippen molar-refractivity contribution in [3.63, 3.8) is 0 Å². The van der Waals surface area contributed by atoms with Crippen molar-refractivity contribution in [2.24, 2.45) is 0 Å². The van der Waals surface area contributed by atoms with Gasteiger partial charge in [-0.2, -0.15) is 0 Å². The second kappa shape index (κ2) is 57.9. The van der Waals surface area contributed by atoms with Crippen LogP contribution in [0.25, 0.3) is 0 Å². The summed E-state index contributed by atoms with van der Waals surface area (Å²) < 4.78 is 16.7. The van der Waals surface area contributed by atoms with Crippen LogP contribution in [0.4, 0.5) is 0 Å². The van der Waals surface area contributed by atoms with Gasteiger partial charge >= 0.3 is 17.9 Å². The quantitative estimate of drug-likeness (QED) is 0.0262. The van der Waals surface area contributed by atoms with Gasteiger partial charge in [0.2, 0.25) is 0 Å². The first kappa shape index (κ1) is 66.3. The van der Waals surface area contributed by atoms with Crippen molar-refractivity contribution in [1.82, 2.24) is 0 Å². The Morgan fingerprint density at radius 1 is 0.296 bits per heavy atom. The summed E-state index contributed by atoms with van der Waals surface area (Å²) in [5.74, 6) is -0.971. The molecular weight excluding hydrogens is 877 g/mol. The summed E-state index contributed by atoms with van der Waals surface area (Å²) in [5, 5.41) is 0. The van der Waals surface area contributed by atoms with Gasteiger partial charge in [-0.25, -0.2) is 0 Å². The van der Waals surface area contributed by atoms with Gasteiger partial charge in [-0.3, -0.25) is 14.4 Å². The Morgan fingerprint density at radius 3 is 0.873 bits per heavy atom. The largest absolute Gasteiger partial charge is 0.462 e. The standard InChI is InChI=1S/C65H102O6/c1-4-7-10-13-16-18-20-22-24-26-28-29-30-31-32-33-34-35-37-38-40-42-44-46-49-52-55-58-64(67)70-61-62(60-69-63(66)57-54-51-48-15-12-9-6-3)71-65(68)59-56-53-50-47-45-43-41-39-36-27-25-23-21-19-17-14-11-8-5-2/h7-8,10-11,16-19,22-25,28-29,31-32,34-36,38-40,43,45,62H,4-6,9,12-15,20-21,26-27,30,33,37,41-42,44,46-61H2,1-3H3/b10-7-,11-8-,18-16-,19-17-,24-22-,25-23-,29-28-,32-31-,35-34-,39-36-,40-38-,45-43-. The van der Waals surface area contributed by atoms with E-state index in [0.717, 1.165) is 154 Å². The van der Waals surface area contributed by atoms with E-state index in [1.807, 2.05) is 0 Å². The molecule has 0 aliphatic carbocycles. The van der Waals surface area contributed by atoms with Crippen LogP contribution in [0.2, 0.25) is 0 Å². The molecule has 71 heavy (non-hydrogen) atoms. The molecule has 0 aromatic heterocycles. The van der Waals surface area contributed by atoms with Crippen LogP contribution in [0.5, 0.6) is 0 Å². The van der Waals surface area contributed by atoms with Gasteiger partial charge in [0, 0.05) is 19.3 Å². The van der Waals surface area contributed by atoms with Crippen molar-refractivity contribution in [2.75, 3.05) is 13.2 Å². The zero-order valence-electron chi connectivity index (χ0n) is 45.4. The van der Waals surface area contributed by atoms with E-state index in [-0.39, 0.29) is 37.5 Å². The highest BCUT2D eigenvalue weighted by atomic mass is 16.6. The molecular formula is C65H102O6. The van der Waals surface area contributed by atoms with E-state index in [9.17, 15) is 14.4 Å². The molecule has 1 unspecified atom stereocenters. The molecule has 6 heteroatoms. The summed E-state index contributed by atoms with van der Waals surface area (Å²) in [7, 11) is 0. The van der Waals surface area contributed by atoms with E-state index < -0.39 is 6.10 Å². The Labute approximate surface area is 436 Å². The highest BCUT2D eigenvalue weighted by molar-refractivity contribution is 5.71. The van der Waals surface area contributed by atoms with Crippen LogP contribution in [0.1, 0.15) is 226 Å².